The van der Waals surface area contributed by atoms with E-state index < -0.39 is 11.9 Å². The van der Waals surface area contributed by atoms with Crippen molar-refractivity contribution >= 4 is 11.9 Å². The van der Waals surface area contributed by atoms with Crippen LogP contribution in [0.4, 0.5) is 0 Å². The Hall–Kier alpha value is -2.82. The van der Waals surface area contributed by atoms with Crippen molar-refractivity contribution in [3.8, 4) is 11.5 Å². The number of hydrogen-bond acceptors (Lipinski definition) is 5. The van der Waals surface area contributed by atoms with Gasteiger partial charge >= 0.3 is 11.9 Å². The van der Waals surface area contributed by atoms with Crippen LogP contribution >= 0.6 is 0 Å². The summed E-state index contributed by atoms with van der Waals surface area (Å²) in [5.74, 6) is -0.161. The Balaban J connectivity index is 2.01. The third-order valence-electron chi connectivity index (χ3n) is 3.98. The number of carbonyl (C=O) groups is 2. The molecular formula is C23H28O5. The first-order valence-electron chi connectivity index (χ1n) is 9.76. The summed E-state index contributed by atoms with van der Waals surface area (Å²) in [4.78, 5) is 24.7. The number of rotatable bonds is 10. The van der Waals surface area contributed by atoms with Crippen LogP contribution < -0.4 is 9.47 Å². The molecular weight excluding hydrogens is 356 g/mol. The minimum Gasteiger partial charge on any atom is -0.487 e. The van der Waals surface area contributed by atoms with Gasteiger partial charge in [-0.3, -0.25) is 0 Å². The second-order valence-electron chi connectivity index (χ2n) is 6.78. The fourth-order valence-corrected chi connectivity index (χ4v) is 2.59. The van der Waals surface area contributed by atoms with E-state index in [0.29, 0.717) is 23.7 Å². The maximum Gasteiger partial charge on any atom is 0.343 e. The van der Waals surface area contributed by atoms with E-state index in [4.69, 9.17) is 14.2 Å². The number of carbonyl (C=O) groups excluding carboxylic acids is 2. The number of ether oxygens (including phenoxy) is 3. The molecule has 2 aromatic rings. The molecule has 5 heteroatoms. The third kappa shape index (κ3) is 6.72. The average Bonchev–Trinajstić information content (AvgIpc) is 2.69. The maximum absolute atomic E-state index is 12.5. The van der Waals surface area contributed by atoms with Gasteiger partial charge in [0, 0.05) is 0 Å². The second kappa shape index (κ2) is 11.1. The number of benzene rings is 2. The molecule has 0 unspecified atom stereocenters. The van der Waals surface area contributed by atoms with Crippen LogP contribution in [0.25, 0.3) is 0 Å². The Morgan fingerprint density at radius 2 is 1.54 bits per heavy atom. The summed E-state index contributed by atoms with van der Waals surface area (Å²) < 4.78 is 16.4. The summed E-state index contributed by atoms with van der Waals surface area (Å²) >= 11 is 0. The molecule has 2 rings (SSSR count). The van der Waals surface area contributed by atoms with Gasteiger partial charge in [-0.05, 0) is 50.6 Å². The van der Waals surface area contributed by atoms with Crippen LogP contribution in [0.1, 0.15) is 67.2 Å². The molecule has 0 fully saturated rings. The highest BCUT2D eigenvalue weighted by molar-refractivity contribution is 5.96. The molecule has 28 heavy (non-hydrogen) atoms. The highest BCUT2D eigenvalue weighted by atomic mass is 16.6. The molecule has 2 aromatic carbocycles. The Morgan fingerprint density at radius 3 is 2.21 bits per heavy atom. The van der Waals surface area contributed by atoms with Gasteiger partial charge in [-0.15, -0.1) is 0 Å². The van der Waals surface area contributed by atoms with E-state index in [-0.39, 0.29) is 11.7 Å². The summed E-state index contributed by atoms with van der Waals surface area (Å²) in [7, 11) is 0. The van der Waals surface area contributed by atoms with Crippen LogP contribution in [-0.4, -0.2) is 24.6 Å². The molecule has 0 aliphatic carbocycles. The van der Waals surface area contributed by atoms with Crippen LogP contribution in [-0.2, 0) is 4.74 Å². The highest BCUT2D eigenvalue weighted by Gasteiger charge is 2.15. The molecule has 0 aliphatic rings. The summed E-state index contributed by atoms with van der Waals surface area (Å²) in [5, 5.41) is 0. The van der Waals surface area contributed by atoms with Crippen LogP contribution in [0.2, 0.25) is 0 Å². The topological polar surface area (TPSA) is 61.8 Å². The summed E-state index contributed by atoms with van der Waals surface area (Å²) in [5.41, 5.74) is 0.608. The summed E-state index contributed by atoms with van der Waals surface area (Å²) in [6, 6.07) is 13.4. The lowest BCUT2D eigenvalue weighted by Crippen LogP contribution is -2.13. The number of unbranched alkanes of at least 4 members (excludes halogenated alkanes) is 3. The van der Waals surface area contributed by atoms with Crippen molar-refractivity contribution < 1.29 is 23.8 Å². The van der Waals surface area contributed by atoms with Crippen LogP contribution in [0.3, 0.4) is 0 Å². The van der Waals surface area contributed by atoms with E-state index in [2.05, 4.69) is 6.92 Å². The fourth-order valence-electron chi connectivity index (χ4n) is 2.59. The number of para-hydroxylation sites is 2. The van der Waals surface area contributed by atoms with E-state index >= 15 is 0 Å². The van der Waals surface area contributed by atoms with Crippen molar-refractivity contribution in [2.75, 3.05) is 6.61 Å². The quantitative estimate of drug-likeness (QED) is 0.310. The van der Waals surface area contributed by atoms with Crippen LogP contribution in [0.5, 0.6) is 11.5 Å². The van der Waals surface area contributed by atoms with Gasteiger partial charge in [0.2, 0.25) is 0 Å². The van der Waals surface area contributed by atoms with E-state index in [1.807, 2.05) is 19.9 Å². The monoisotopic (exact) mass is 384 g/mol. The molecule has 0 spiro atoms. The SMILES string of the molecule is CCCCCCOC(=O)c1cccc(C(=O)Oc2ccccc2OC(C)C)c1. The third-order valence-corrected chi connectivity index (χ3v) is 3.98. The minimum atomic E-state index is -0.558. The molecule has 0 heterocycles. The molecule has 0 saturated heterocycles. The van der Waals surface area contributed by atoms with E-state index in [1.54, 1.807) is 36.4 Å². The van der Waals surface area contributed by atoms with Crippen molar-refractivity contribution in [1.82, 2.24) is 0 Å². The molecule has 0 N–H and O–H groups in total. The molecule has 5 nitrogen and oxygen atoms in total. The van der Waals surface area contributed by atoms with Gasteiger partial charge in [-0.25, -0.2) is 9.59 Å². The molecule has 0 atom stereocenters. The lowest BCUT2D eigenvalue weighted by atomic mass is 10.1. The van der Waals surface area contributed by atoms with E-state index in [1.165, 1.54) is 6.07 Å². The van der Waals surface area contributed by atoms with Crippen molar-refractivity contribution in [3.05, 3.63) is 59.7 Å². The van der Waals surface area contributed by atoms with Crippen molar-refractivity contribution in [2.24, 2.45) is 0 Å². The zero-order valence-electron chi connectivity index (χ0n) is 16.8. The van der Waals surface area contributed by atoms with Crippen LogP contribution in [0, 0.1) is 0 Å². The summed E-state index contributed by atoms with van der Waals surface area (Å²) in [6.07, 6.45) is 4.09. The van der Waals surface area contributed by atoms with Gasteiger partial charge in [0.1, 0.15) is 0 Å². The van der Waals surface area contributed by atoms with Crippen molar-refractivity contribution in [2.45, 2.75) is 52.6 Å². The molecule has 0 saturated carbocycles. The van der Waals surface area contributed by atoms with Gasteiger partial charge < -0.3 is 14.2 Å². The van der Waals surface area contributed by atoms with Gasteiger partial charge in [0.25, 0.3) is 0 Å². The van der Waals surface area contributed by atoms with E-state index in [0.717, 1.165) is 25.7 Å². The zero-order chi connectivity index (χ0) is 20.4. The van der Waals surface area contributed by atoms with Crippen molar-refractivity contribution in [1.29, 1.82) is 0 Å². The first-order valence-corrected chi connectivity index (χ1v) is 9.76. The number of esters is 2. The van der Waals surface area contributed by atoms with Gasteiger partial charge in [0.05, 0.1) is 23.8 Å². The highest BCUT2D eigenvalue weighted by Crippen LogP contribution is 2.28. The van der Waals surface area contributed by atoms with Gasteiger partial charge in [-0.1, -0.05) is 44.4 Å². The fraction of sp³-hybridized carbons (Fsp3) is 0.391. The normalized spacial score (nSPS) is 10.6. The largest absolute Gasteiger partial charge is 0.487 e. The summed E-state index contributed by atoms with van der Waals surface area (Å²) in [6.45, 7) is 6.31. The lowest BCUT2D eigenvalue weighted by molar-refractivity contribution is 0.0498. The molecule has 0 aliphatic heterocycles. The lowest BCUT2D eigenvalue weighted by Gasteiger charge is -2.14. The maximum atomic E-state index is 12.5. The Bertz CT molecular complexity index is 782. The zero-order valence-corrected chi connectivity index (χ0v) is 16.8. The first kappa shape index (κ1) is 21.5. The van der Waals surface area contributed by atoms with Gasteiger partial charge in [0.15, 0.2) is 11.5 Å². The van der Waals surface area contributed by atoms with Crippen molar-refractivity contribution in [3.63, 3.8) is 0 Å². The van der Waals surface area contributed by atoms with Gasteiger partial charge in [-0.2, -0.15) is 0 Å². The molecule has 0 aromatic heterocycles. The Labute approximate surface area is 166 Å². The smallest absolute Gasteiger partial charge is 0.343 e. The predicted molar refractivity (Wildman–Crippen MR) is 108 cm³/mol. The molecule has 150 valence electrons. The molecule has 0 bridgehead atoms. The minimum absolute atomic E-state index is 0.0460. The first-order chi connectivity index (χ1) is 13.5. The molecule has 0 radical (unpaired) electrons. The number of hydrogen-bond donors (Lipinski definition) is 0. The van der Waals surface area contributed by atoms with Crippen LogP contribution in [0.15, 0.2) is 48.5 Å². The Kier molecular flexibility index (Phi) is 8.53. The average molecular weight is 384 g/mol. The molecule has 0 amide bonds. The second-order valence-corrected chi connectivity index (χ2v) is 6.78. The predicted octanol–water partition coefficient (Wildman–Crippen LogP) is 5.43. The standard InChI is InChI=1S/C23H28O5/c1-4-5-6-9-15-26-22(24)18-11-10-12-19(16-18)23(25)28-21-14-8-7-13-20(21)27-17(2)3/h7-8,10-14,16-17H,4-6,9,15H2,1-3H3. The Morgan fingerprint density at radius 1 is 0.857 bits per heavy atom. The van der Waals surface area contributed by atoms with E-state index in [9.17, 15) is 9.59 Å².